The highest BCUT2D eigenvalue weighted by atomic mass is 32.2. The highest BCUT2D eigenvalue weighted by molar-refractivity contribution is 7.99. The smallest absolute Gasteiger partial charge is 0.332 e. The van der Waals surface area contributed by atoms with E-state index in [2.05, 4.69) is 10.1 Å². The van der Waals surface area contributed by atoms with Crippen LogP contribution in [0.5, 0.6) is 0 Å². The Bertz CT molecular complexity index is 1500. The maximum Gasteiger partial charge on any atom is 0.332 e. The molecule has 0 saturated heterocycles. The third-order valence-electron chi connectivity index (χ3n) is 5.93. The Morgan fingerprint density at radius 3 is 2.37 bits per heavy atom. The second kappa shape index (κ2) is 9.38. The van der Waals surface area contributed by atoms with Gasteiger partial charge < -0.3 is 5.73 Å². The van der Waals surface area contributed by atoms with Crippen molar-refractivity contribution >= 4 is 23.4 Å². The van der Waals surface area contributed by atoms with Crippen molar-refractivity contribution in [3.8, 4) is 5.69 Å². The van der Waals surface area contributed by atoms with Gasteiger partial charge in [-0.1, -0.05) is 60.3 Å². The van der Waals surface area contributed by atoms with Crippen LogP contribution in [0.3, 0.4) is 0 Å². The van der Waals surface area contributed by atoms with Crippen LogP contribution in [0.1, 0.15) is 40.5 Å². The van der Waals surface area contributed by atoms with Gasteiger partial charge in [0.05, 0.1) is 18.0 Å². The first-order chi connectivity index (χ1) is 16.9. The van der Waals surface area contributed by atoms with E-state index >= 15 is 0 Å². The fourth-order valence-electron chi connectivity index (χ4n) is 3.90. The Morgan fingerprint density at radius 2 is 1.71 bits per heavy atom. The van der Waals surface area contributed by atoms with Gasteiger partial charge in [0, 0.05) is 13.0 Å². The summed E-state index contributed by atoms with van der Waals surface area (Å²) in [6.45, 7) is 0.154. The molecule has 1 aliphatic rings. The molecule has 2 N–H and O–H groups in total. The summed E-state index contributed by atoms with van der Waals surface area (Å²) in [4.78, 5) is 43.3. The third-order valence-corrected chi connectivity index (χ3v) is 6.77. The standard InChI is InChI=1S/C25H24N6O3S/c1-29-23(33)20(21(26)30(25(29)34)14-16-8-4-2-5-9-16)19(32)15-35-24-27-22(17-12-13-17)31(28-24)18-10-6-3-7-11-18/h2-11,17H,12-15,26H2,1H3. The predicted molar refractivity (Wildman–Crippen MR) is 134 cm³/mol. The van der Waals surface area contributed by atoms with Crippen molar-refractivity contribution in [1.82, 2.24) is 23.9 Å². The lowest BCUT2D eigenvalue weighted by Crippen LogP contribution is -2.43. The molecular formula is C25H24N6O3S. The summed E-state index contributed by atoms with van der Waals surface area (Å²) in [5, 5.41) is 5.06. The van der Waals surface area contributed by atoms with E-state index in [0.717, 1.165) is 46.2 Å². The number of Topliss-reactive ketones (excluding diaryl/α,β-unsaturated/α-hetero) is 1. The molecule has 9 nitrogen and oxygen atoms in total. The number of nitrogens with two attached hydrogens (primary N) is 1. The van der Waals surface area contributed by atoms with Crippen molar-refractivity contribution in [1.29, 1.82) is 0 Å². The topological polar surface area (TPSA) is 118 Å². The molecule has 1 fully saturated rings. The zero-order valence-electron chi connectivity index (χ0n) is 19.1. The fraction of sp³-hybridized carbons (Fsp3) is 0.240. The van der Waals surface area contributed by atoms with E-state index in [1.54, 1.807) is 0 Å². The van der Waals surface area contributed by atoms with Crippen LogP contribution in [0.25, 0.3) is 5.69 Å². The molecular weight excluding hydrogens is 464 g/mol. The maximum atomic E-state index is 13.1. The number of hydrogen-bond acceptors (Lipinski definition) is 7. The number of carbonyl (C=O) groups excluding carboxylic acids is 1. The van der Waals surface area contributed by atoms with Gasteiger partial charge >= 0.3 is 5.69 Å². The van der Waals surface area contributed by atoms with Gasteiger partial charge in [0.15, 0.2) is 5.78 Å². The van der Waals surface area contributed by atoms with Gasteiger partial charge in [-0.25, -0.2) is 14.5 Å². The molecule has 0 unspecified atom stereocenters. The molecule has 0 bridgehead atoms. The Labute approximate surface area is 205 Å². The molecule has 0 radical (unpaired) electrons. The van der Waals surface area contributed by atoms with E-state index in [-0.39, 0.29) is 23.7 Å². The molecule has 4 aromatic rings. The van der Waals surface area contributed by atoms with Gasteiger partial charge in [-0.15, -0.1) is 5.10 Å². The number of nitrogens with zero attached hydrogens (tertiary/aromatic N) is 5. The molecule has 1 aliphatic carbocycles. The summed E-state index contributed by atoms with van der Waals surface area (Å²) in [6, 6.07) is 19.0. The number of nitrogen functional groups attached to an aromatic ring is 1. The van der Waals surface area contributed by atoms with E-state index < -0.39 is 17.0 Å². The van der Waals surface area contributed by atoms with Crippen molar-refractivity contribution in [3.05, 3.63) is 98.5 Å². The van der Waals surface area contributed by atoms with E-state index in [4.69, 9.17) is 5.73 Å². The van der Waals surface area contributed by atoms with E-state index in [1.807, 2.05) is 65.3 Å². The quantitative estimate of drug-likeness (QED) is 0.299. The number of benzene rings is 2. The van der Waals surface area contributed by atoms with Crippen LogP contribution in [-0.4, -0.2) is 35.4 Å². The number of anilines is 1. The SMILES string of the molecule is Cn1c(=O)c(C(=O)CSc2nc(C3CC3)n(-c3ccccc3)n2)c(N)n(Cc2ccccc2)c1=O. The number of hydrogen-bond donors (Lipinski definition) is 1. The molecule has 1 saturated carbocycles. The molecule has 2 aromatic carbocycles. The van der Waals surface area contributed by atoms with Crippen molar-refractivity contribution in [2.45, 2.75) is 30.5 Å². The Morgan fingerprint density at radius 1 is 1.06 bits per heavy atom. The van der Waals surface area contributed by atoms with Gasteiger partial charge in [-0.05, 0) is 30.5 Å². The van der Waals surface area contributed by atoms with Gasteiger partial charge in [0.1, 0.15) is 17.2 Å². The lowest BCUT2D eigenvalue weighted by Gasteiger charge is -2.14. The lowest BCUT2D eigenvalue weighted by atomic mass is 10.2. The molecule has 0 aliphatic heterocycles. The fourth-order valence-corrected chi connectivity index (χ4v) is 4.60. The molecule has 2 heterocycles. The monoisotopic (exact) mass is 488 g/mol. The number of aromatic nitrogens is 5. The maximum absolute atomic E-state index is 13.1. The number of ketones is 1. The molecule has 2 aromatic heterocycles. The average Bonchev–Trinajstić information content (AvgIpc) is 3.64. The minimum Gasteiger partial charge on any atom is -0.384 e. The van der Waals surface area contributed by atoms with Crippen LogP contribution in [0, 0.1) is 0 Å². The highest BCUT2D eigenvalue weighted by Gasteiger charge is 2.31. The Balaban J connectivity index is 1.42. The van der Waals surface area contributed by atoms with Crippen molar-refractivity contribution < 1.29 is 4.79 Å². The van der Waals surface area contributed by atoms with Crippen LogP contribution in [0.4, 0.5) is 5.82 Å². The number of para-hydroxylation sites is 1. The predicted octanol–water partition coefficient (Wildman–Crippen LogP) is 2.61. The Kier molecular flexibility index (Phi) is 6.12. The number of carbonyl (C=O) groups is 1. The Hall–Kier alpha value is -3.92. The molecule has 0 amide bonds. The number of thioether (sulfide) groups is 1. The van der Waals surface area contributed by atoms with Gasteiger partial charge in [-0.3, -0.25) is 18.7 Å². The second-order valence-electron chi connectivity index (χ2n) is 8.46. The summed E-state index contributed by atoms with van der Waals surface area (Å²) >= 11 is 1.15. The average molecular weight is 489 g/mol. The first kappa shape index (κ1) is 22.9. The second-order valence-corrected chi connectivity index (χ2v) is 9.41. The zero-order chi connectivity index (χ0) is 24.5. The van der Waals surface area contributed by atoms with Crippen LogP contribution in [-0.2, 0) is 13.6 Å². The van der Waals surface area contributed by atoms with Crippen LogP contribution in [0.15, 0.2) is 75.4 Å². The van der Waals surface area contributed by atoms with E-state index in [9.17, 15) is 14.4 Å². The van der Waals surface area contributed by atoms with Crippen LogP contribution in [0.2, 0.25) is 0 Å². The summed E-state index contributed by atoms with van der Waals surface area (Å²) in [6.07, 6.45) is 2.12. The van der Waals surface area contributed by atoms with Crippen molar-refractivity contribution in [2.24, 2.45) is 7.05 Å². The summed E-state index contributed by atoms with van der Waals surface area (Å²) < 4.78 is 3.99. The molecule has 10 heteroatoms. The number of rotatable bonds is 8. The zero-order valence-corrected chi connectivity index (χ0v) is 19.9. The first-order valence-corrected chi connectivity index (χ1v) is 12.2. The third kappa shape index (κ3) is 4.57. The van der Waals surface area contributed by atoms with Crippen molar-refractivity contribution in [2.75, 3.05) is 11.5 Å². The molecule has 35 heavy (non-hydrogen) atoms. The highest BCUT2D eigenvalue weighted by Crippen LogP contribution is 2.40. The largest absolute Gasteiger partial charge is 0.384 e. The van der Waals surface area contributed by atoms with Crippen LogP contribution < -0.4 is 17.0 Å². The van der Waals surface area contributed by atoms with Gasteiger partial charge in [0.25, 0.3) is 5.56 Å². The lowest BCUT2D eigenvalue weighted by molar-refractivity contribution is 0.102. The van der Waals surface area contributed by atoms with Crippen LogP contribution >= 0.6 is 11.8 Å². The molecule has 0 atom stereocenters. The summed E-state index contributed by atoms with van der Waals surface area (Å²) in [5.74, 6) is 0.550. The summed E-state index contributed by atoms with van der Waals surface area (Å²) in [7, 11) is 1.35. The first-order valence-electron chi connectivity index (χ1n) is 11.3. The minimum atomic E-state index is -0.705. The van der Waals surface area contributed by atoms with E-state index in [1.165, 1.54) is 11.6 Å². The summed E-state index contributed by atoms with van der Waals surface area (Å²) in [5.41, 5.74) is 6.48. The van der Waals surface area contributed by atoms with Gasteiger partial charge in [0.2, 0.25) is 5.16 Å². The van der Waals surface area contributed by atoms with Gasteiger partial charge in [-0.2, -0.15) is 0 Å². The molecule has 178 valence electrons. The van der Waals surface area contributed by atoms with E-state index in [0.29, 0.717) is 11.1 Å². The minimum absolute atomic E-state index is 0.0775. The normalized spacial score (nSPS) is 13.2. The molecule has 0 spiro atoms. The van der Waals surface area contributed by atoms with Crippen molar-refractivity contribution in [3.63, 3.8) is 0 Å². The molecule has 5 rings (SSSR count).